The molecule has 1 N–H and O–H groups in total. The van der Waals surface area contributed by atoms with Gasteiger partial charge in [-0.3, -0.25) is 10.3 Å². The number of nitrogens with one attached hydrogen (secondary N) is 1. The molecule has 1 aromatic heterocycles. The minimum Gasteiger partial charge on any atom is -0.298 e. The van der Waals surface area contributed by atoms with Gasteiger partial charge in [-0.25, -0.2) is 0 Å². The molecule has 0 radical (unpaired) electrons. The quantitative estimate of drug-likeness (QED) is 0.766. The lowest BCUT2D eigenvalue weighted by atomic mass is 10.0. The van der Waals surface area contributed by atoms with Gasteiger partial charge in [-0.2, -0.15) is 0 Å². The van der Waals surface area contributed by atoms with Crippen molar-refractivity contribution in [2.24, 2.45) is 5.92 Å². The van der Waals surface area contributed by atoms with Crippen molar-refractivity contribution in [3.05, 3.63) is 30.1 Å². The van der Waals surface area contributed by atoms with Crippen molar-refractivity contribution < 1.29 is 0 Å². The number of hydrogen-bond acceptors (Lipinski definition) is 2. The van der Waals surface area contributed by atoms with Crippen LogP contribution in [0.2, 0.25) is 0 Å². The Hall–Kier alpha value is -1.33. The lowest BCUT2D eigenvalue weighted by Gasteiger charge is -2.18. The van der Waals surface area contributed by atoms with Crippen LogP contribution in [0.5, 0.6) is 0 Å². The van der Waals surface area contributed by atoms with Crippen LogP contribution in [0, 0.1) is 17.8 Å². The summed E-state index contributed by atoms with van der Waals surface area (Å²) in [7, 11) is 0. The predicted molar refractivity (Wildman–Crippen MR) is 67.9 cm³/mol. The van der Waals surface area contributed by atoms with Crippen LogP contribution < -0.4 is 5.32 Å². The third kappa shape index (κ3) is 4.46. The second-order valence-electron chi connectivity index (χ2n) is 4.24. The van der Waals surface area contributed by atoms with E-state index in [0.29, 0.717) is 12.0 Å². The third-order valence-corrected chi connectivity index (χ3v) is 2.37. The van der Waals surface area contributed by atoms with E-state index < -0.39 is 0 Å². The molecule has 1 aromatic rings. The highest BCUT2D eigenvalue weighted by molar-refractivity contribution is 5.10. The highest BCUT2D eigenvalue weighted by Gasteiger charge is 2.12. The molecular weight excluding hydrogens is 196 g/mol. The Balaban J connectivity index is 2.66. The van der Waals surface area contributed by atoms with Crippen LogP contribution in [0.4, 0.5) is 0 Å². The van der Waals surface area contributed by atoms with Gasteiger partial charge in [0, 0.05) is 6.20 Å². The first-order valence-corrected chi connectivity index (χ1v) is 5.78. The van der Waals surface area contributed by atoms with Crippen LogP contribution in [-0.2, 0) is 0 Å². The Morgan fingerprint density at radius 1 is 1.38 bits per heavy atom. The van der Waals surface area contributed by atoms with Gasteiger partial charge >= 0.3 is 0 Å². The first-order valence-electron chi connectivity index (χ1n) is 5.78. The van der Waals surface area contributed by atoms with Crippen LogP contribution in [0.25, 0.3) is 0 Å². The zero-order chi connectivity index (χ0) is 11.8. The summed E-state index contributed by atoms with van der Waals surface area (Å²) in [6.07, 6.45) is 2.93. The molecule has 0 bridgehead atoms. The first-order chi connectivity index (χ1) is 7.74. The molecule has 0 fully saturated rings. The lowest BCUT2D eigenvalue weighted by Crippen LogP contribution is -2.24. The standard InChI is InChI=1S/C14H20N2/c1-4-5-9-16-14(11-12(2)3)13-8-6-7-10-15-13/h6-8,10,12,14,16H,9,11H2,1-3H3. The molecule has 1 atom stereocenters. The SMILES string of the molecule is CC#CCNC(CC(C)C)c1ccccn1. The molecule has 0 amide bonds. The zero-order valence-corrected chi connectivity index (χ0v) is 10.3. The maximum atomic E-state index is 4.40. The Bertz CT molecular complexity index is 346. The summed E-state index contributed by atoms with van der Waals surface area (Å²) in [5, 5.41) is 3.43. The summed E-state index contributed by atoms with van der Waals surface area (Å²) in [5.74, 6) is 6.58. The minimum absolute atomic E-state index is 0.307. The lowest BCUT2D eigenvalue weighted by molar-refractivity contribution is 0.439. The van der Waals surface area contributed by atoms with Crippen molar-refractivity contribution >= 4 is 0 Å². The number of nitrogens with zero attached hydrogens (tertiary/aromatic N) is 1. The van der Waals surface area contributed by atoms with Crippen molar-refractivity contribution in [3.63, 3.8) is 0 Å². The minimum atomic E-state index is 0.307. The molecule has 1 rings (SSSR count). The summed E-state index contributed by atoms with van der Waals surface area (Å²) < 4.78 is 0. The first kappa shape index (κ1) is 12.7. The van der Waals surface area contributed by atoms with Gasteiger partial charge in [0.1, 0.15) is 0 Å². The van der Waals surface area contributed by atoms with E-state index in [-0.39, 0.29) is 0 Å². The largest absolute Gasteiger partial charge is 0.298 e. The van der Waals surface area contributed by atoms with Crippen LogP contribution in [-0.4, -0.2) is 11.5 Å². The summed E-state index contributed by atoms with van der Waals surface area (Å²) >= 11 is 0. The Morgan fingerprint density at radius 2 is 2.19 bits per heavy atom. The fourth-order valence-corrected chi connectivity index (χ4v) is 1.62. The second-order valence-corrected chi connectivity index (χ2v) is 4.24. The van der Waals surface area contributed by atoms with E-state index in [1.54, 1.807) is 0 Å². The van der Waals surface area contributed by atoms with E-state index in [4.69, 9.17) is 0 Å². The average Bonchev–Trinajstić information content (AvgIpc) is 2.29. The number of rotatable bonds is 5. The molecule has 86 valence electrons. The van der Waals surface area contributed by atoms with Gasteiger partial charge in [-0.15, -0.1) is 5.92 Å². The summed E-state index contributed by atoms with van der Waals surface area (Å²) in [5.41, 5.74) is 1.11. The van der Waals surface area contributed by atoms with E-state index >= 15 is 0 Å². The van der Waals surface area contributed by atoms with Gasteiger partial charge in [0.2, 0.25) is 0 Å². The molecule has 0 aliphatic rings. The van der Waals surface area contributed by atoms with Gasteiger partial charge in [0.25, 0.3) is 0 Å². The predicted octanol–water partition coefficient (Wildman–Crippen LogP) is 2.78. The maximum absolute atomic E-state index is 4.40. The monoisotopic (exact) mass is 216 g/mol. The molecule has 0 aliphatic heterocycles. The third-order valence-electron chi connectivity index (χ3n) is 2.37. The van der Waals surface area contributed by atoms with E-state index in [2.05, 4.69) is 42.1 Å². The van der Waals surface area contributed by atoms with Crippen molar-refractivity contribution in [2.75, 3.05) is 6.54 Å². The number of aromatic nitrogens is 1. The van der Waals surface area contributed by atoms with Gasteiger partial charge in [0.15, 0.2) is 0 Å². The summed E-state index contributed by atoms with van der Waals surface area (Å²) in [4.78, 5) is 4.40. The van der Waals surface area contributed by atoms with Crippen molar-refractivity contribution in [2.45, 2.75) is 33.2 Å². The topological polar surface area (TPSA) is 24.9 Å². The Kier molecular flexibility index (Phi) is 5.60. The molecule has 1 heterocycles. The van der Waals surface area contributed by atoms with E-state index in [1.165, 1.54) is 0 Å². The van der Waals surface area contributed by atoms with E-state index in [1.807, 2.05) is 25.3 Å². The fraction of sp³-hybridized carbons (Fsp3) is 0.500. The van der Waals surface area contributed by atoms with E-state index in [9.17, 15) is 0 Å². The molecular formula is C14H20N2. The zero-order valence-electron chi connectivity index (χ0n) is 10.3. The fourth-order valence-electron chi connectivity index (χ4n) is 1.62. The smallest absolute Gasteiger partial charge is 0.0581 e. The van der Waals surface area contributed by atoms with Gasteiger partial charge < -0.3 is 0 Å². The molecule has 0 aliphatic carbocycles. The molecule has 2 heteroatoms. The average molecular weight is 216 g/mol. The van der Waals surface area contributed by atoms with Crippen LogP contribution >= 0.6 is 0 Å². The molecule has 0 aromatic carbocycles. The van der Waals surface area contributed by atoms with Gasteiger partial charge in [-0.1, -0.05) is 25.8 Å². The molecule has 16 heavy (non-hydrogen) atoms. The van der Waals surface area contributed by atoms with E-state index in [0.717, 1.165) is 18.7 Å². The summed E-state index contributed by atoms with van der Waals surface area (Å²) in [6, 6.07) is 6.35. The molecule has 0 spiro atoms. The highest BCUT2D eigenvalue weighted by atomic mass is 14.9. The van der Waals surface area contributed by atoms with Gasteiger partial charge in [-0.05, 0) is 31.4 Å². The molecule has 1 unspecified atom stereocenters. The summed E-state index contributed by atoms with van der Waals surface area (Å²) in [6.45, 7) is 7.04. The normalized spacial score (nSPS) is 12.0. The van der Waals surface area contributed by atoms with Gasteiger partial charge in [0.05, 0.1) is 18.3 Å². The molecule has 0 saturated carbocycles. The number of pyridine rings is 1. The number of hydrogen-bond donors (Lipinski definition) is 1. The molecule has 0 saturated heterocycles. The van der Waals surface area contributed by atoms with Crippen LogP contribution in [0.15, 0.2) is 24.4 Å². The van der Waals surface area contributed by atoms with Crippen LogP contribution in [0.1, 0.15) is 38.9 Å². The van der Waals surface area contributed by atoms with Crippen molar-refractivity contribution in [1.82, 2.24) is 10.3 Å². The second kappa shape index (κ2) is 7.03. The molecule has 2 nitrogen and oxygen atoms in total. The van der Waals surface area contributed by atoms with Crippen molar-refractivity contribution in [3.8, 4) is 11.8 Å². The maximum Gasteiger partial charge on any atom is 0.0581 e. The highest BCUT2D eigenvalue weighted by Crippen LogP contribution is 2.18. The van der Waals surface area contributed by atoms with Crippen molar-refractivity contribution in [1.29, 1.82) is 0 Å². The Labute approximate surface area is 98.5 Å². The van der Waals surface area contributed by atoms with Crippen LogP contribution in [0.3, 0.4) is 0 Å². The Morgan fingerprint density at radius 3 is 2.75 bits per heavy atom.